The number of nitrogens with zero attached hydrogens (tertiary/aromatic N) is 3. The third-order valence-electron chi connectivity index (χ3n) is 3.30. The zero-order valence-electron chi connectivity index (χ0n) is 12.8. The van der Waals surface area contributed by atoms with Crippen LogP contribution in [0, 0.1) is 0 Å². The van der Waals surface area contributed by atoms with Gasteiger partial charge in [0.2, 0.25) is 5.95 Å². The molecule has 0 aliphatic rings. The number of hydrogen-bond acceptors (Lipinski definition) is 5. The Bertz CT molecular complexity index is 927. The molecule has 2 aromatic heterocycles. The van der Waals surface area contributed by atoms with Crippen molar-refractivity contribution in [3.8, 4) is 0 Å². The van der Waals surface area contributed by atoms with Crippen LogP contribution in [-0.4, -0.2) is 31.7 Å². The molecule has 0 radical (unpaired) electrons. The first-order valence-electron chi connectivity index (χ1n) is 7.25. The van der Waals surface area contributed by atoms with Gasteiger partial charge < -0.3 is 14.4 Å². The second kappa shape index (κ2) is 7.18. The number of carboxylic acid groups (broad SMARTS) is 1. The van der Waals surface area contributed by atoms with E-state index in [9.17, 15) is 9.59 Å². The van der Waals surface area contributed by atoms with E-state index in [1.54, 1.807) is 6.07 Å². The Labute approximate surface area is 147 Å². The van der Waals surface area contributed by atoms with Crippen LogP contribution in [0.5, 0.6) is 0 Å². The molecule has 0 aliphatic carbocycles. The molecule has 1 aromatic carbocycles. The zero-order valence-corrected chi connectivity index (χ0v) is 13.6. The van der Waals surface area contributed by atoms with Crippen LogP contribution in [0.25, 0.3) is 11.0 Å². The third-order valence-corrected chi connectivity index (χ3v) is 3.59. The first-order valence-corrected chi connectivity index (χ1v) is 7.62. The quantitative estimate of drug-likeness (QED) is 0.677. The summed E-state index contributed by atoms with van der Waals surface area (Å²) in [5.74, 6) is -1.09. The SMILES string of the molecule is O=C(O)Cn1ccc2c(Cl)nc(NC(=O)OCc3ccccc3)nc21. The number of fused-ring (bicyclic) bond motifs is 1. The molecule has 8 nitrogen and oxygen atoms in total. The van der Waals surface area contributed by atoms with Crippen LogP contribution in [-0.2, 0) is 22.7 Å². The van der Waals surface area contributed by atoms with Crippen molar-refractivity contribution in [3.63, 3.8) is 0 Å². The van der Waals surface area contributed by atoms with Gasteiger partial charge in [-0.15, -0.1) is 0 Å². The number of benzene rings is 1. The smallest absolute Gasteiger partial charge is 0.414 e. The van der Waals surface area contributed by atoms with Crippen molar-refractivity contribution < 1.29 is 19.4 Å². The summed E-state index contributed by atoms with van der Waals surface area (Å²) < 4.78 is 6.48. The van der Waals surface area contributed by atoms with Gasteiger partial charge in [0.25, 0.3) is 0 Å². The zero-order chi connectivity index (χ0) is 17.8. The highest BCUT2D eigenvalue weighted by atomic mass is 35.5. The Hall–Kier alpha value is -3.13. The Kier molecular flexibility index (Phi) is 4.80. The fourth-order valence-electron chi connectivity index (χ4n) is 2.21. The number of nitrogens with one attached hydrogen (secondary N) is 1. The summed E-state index contributed by atoms with van der Waals surface area (Å²) in [6.45, 7) is -0.188. The largest absolute Gasteiger partial charge is 0.480 e. The first kappa shape index (κ1) is 16.7. The molecule has 1 amide bonds. The number of ether oxygens (including phenoxy) is 1. The maximum Gasteiger partial charge on any atom is 0.414 e. The summed E-state index contributed by atoms with van der Waals surface area (Å²) in [5.41, 5.74) is 1.14. The molecule has 0 spiro atoms. The predicted octanol–water partition coefficient (Wildman–Crippen LogP) is 2.92. The standard InChI is InChI=1S/C16H13ClN4O4/c17-13-11-6-7-21(8-12(22)23)14(11)19-15(18-13)20-16(24)25-9-10-4-2-1-3-5-10/h1-7H,8-9H2,(H,22,23)(H,18,19,20,24). The van der Waals surface area contributed by atoms with Crippen LogP contribution in [0.2, 0.25) is 5.15 Å². The minimum Gasteiger partial charge on any atom is -0.480 e. The lowest BCUT2D eigenvalue weighted by Crippen LogP contribution is -2.16. The van der Waals surface area contributed by atoms with Gasteiger partial charge in [0, 0.05) is 6.20 Å². The van der Waals surface area contributed by atoms with Crippen LogP contribution >= 0.6 is 11.6 Å². The van der Waals surface area contributed by atoms with Gasteiger partial charge in [-0.25, -0.2) is 4.79 Å². The van der Waals surface area contributed by atoms with Crippen molar-refractivity contribution >= 4 is 40.6 Å². The number of carbonyl (C=O) groups is 2. The van der Waals surface area contributed by atoms with E-state index in [1.165, 1.54) is 10.8 Å². The molecule has 25 heavy (non-hydrogen) atoms. The number of aliphatic carboxylic acids is 1. The number of aromatic nitrogens is 3. The van der Waals surface area contributed by atoms with Crippen LogP contribution in [0.4, 0.5) is 10.7 Å². The minimum atomic E-state index is -1.02. The highest BCUT2D eigenvalue weighted by Gasteiger charge is 2.14. The fourth-order valence-corrected chi connectivity index (χ4v) is 2.44. The number of carbonyl (C=O) groups excluding carboxylic acids is 1. The molecular formula is C16H13ClN4O4. The maximum atomic E-state index is 11.9. The average Bonchev–Trinajstić information content (AvgIpc) is 2.97. The van der Waals surface area contributed by atoms with Crippen molar-refractivity contribution in [1.29, 1.82) is 0 Å². The lowest BCUT2D eigenvalue weighted by molar-refractivity contribution is -0.137. The molecular weight excluding hydrogens is 348 g/mol. The normalized spacial score (nSPS) is 10.6. The number of anilines is 1. The summed E-state index contributed by atoms with van der Waals surface area (Å²) in [4.78, 5) is 30.9. The van der Waals surface area contributed by atoms with E-state index in [0.717, 1.165) is 5.56 Å². The molecule has 2 heterocycles. The van der Waals surface area contributed by atoms with Gasteiger partial charge in [-0.3, -0.25) is 10.1 Å². The highest BCUT2D eigenvalue weighted by molar-refractivity contribution is 6.34. The Morgan fingerprint density at radius 3 is 2.68 bits per heavy atom. The fraction of sp³-hybridized carbons (Fsp3) is 0.125. The van der Waals surface area contributed by atoms with Gasteiger partial charge in [0.1, 0.15) is 24.0 Å². The van der Waals surface area contributed by atoms with Gasteiger partial charge in [-0.1, -0.05) is 41.9 Å². The minimum absolute atomic E-state index is 0.0686. The van der Waals surface area contributed by atoms with E-state index >= 15 is 0 Å². The molecule has 2 N–H and O–H groups in total. The van der Waals surface area contributed by atoms with Gasteiger partial charge in [-0.2, -0.15) is 9.97 Å². The van der Waals surface area contributed by atoms with Gasteiger partial charge >= 0.3 is 12.1 Å². The molecule has 3 aromatic rings. The monoisotopic (exact) mass is 360 g/mol. The van der Waals surface area contributed by atoms with E-state index in [0.29, 0.717) is 11.0 Å². The number of amides is 1. The molecule has 9 heteroatoms. The van der Waals surface area contributed by atoms with Gasteiger partial charge in [0.15, 0.2) is 0 Å². The van der Waals surface area contributed by atoms with E-state index in [2.05, 4.69) is 15.3 Å². The van der Waals surface area contributed by atoms with Crippen molar-refractivity contribution in [2.75, 3.05) is 5.32 Å². The maximum absolute atomic E-state index is 11.9. The summed E-state index contributed by atoms with van der Waals surface area (Å²) in [5, 5.41) is 11.9. The predicted molar refractivity (Wildman–Crippen MR) is 90.4 cm³/mol. The van der Waals surface area contributed by atoms with Crippen LogP contribution < -0.4 is 5.32 Å². The summed E-state index contributed by atoms with van der Waals surface area (Å²) >= 11 is 6.06. The molecule has 128 valence electrons. The molecule has 3 rings (SSSR count). The molecule has 0 aliphatic heterocycles. The summed E-state index contributed by atoms with van der Waals surface area (Å²) in [6.07, 6.45) is 0.798. The molecule has 0 fully saturated rings. The first-order chi connectivity index (χ1) is 12.0. The second-order valence-electron chi connectivity index (χ2n) is 5.10. The molecule has 0 saturated heterocycles. The van der Waals surface area contributed by atoms with Gasteiger partial charge in [-0.05, 0) is 11.6 Å². The van der Waals surface area contributed by atoms with Crippen molar-refractivity contribution in [2.45, 2.75) is 13.2 Å². The Morgan fingerprint density at radius 2 is 1.96 bits per heavy atom. The van der Waals surface area contributed by atoms with E-state index in [1.807, 2.05) is 30.3 Å². The summed E-state index contributed by atoms with van der Waals surface area (Å²) in [7, 11) is 0. The lowest BCUT2D eigenvalue weighted by atomic mass is 10.2. The van der Waals surface area contributed by atoms with Crippen molar-refractivity contribution in [2.24, 2.45) is 0 Å². The summed E-state index contributed by atoms with van der Waals surface area (Å²) in [6, 6.07) is 10.8. The van der Waals surface area contributed by atoms with Crippen LogP contribution in [0.1, 0.15) is 5.56 Å². The Balaban J connectivity index is 1.74. The van der Waals surface area contributed by atoms with E-state index in [-0.39, 0.29) is 24.3 Å². The number of halogens is 1. The van der Waals surface area contributed by atoms with E-state index < -0.39 is 12.1 Å². The van der Waals surface area contributed by atoms with Crippen LogP contribution in [0.3, 0.4) is 0 Å². The molecule has 0 atom stereocenters. The second-order valence-corrected chi connectivity index (χ2v) is 5.46. The van der Waals surface area contributed by atoms with Gasteiger partial charge in [0.05, 0.1) is 5.39 Å². The van der Waals surface area contributed by atoms with Crippen molar-refractivity contribution in [3.05, 3.63) is 53.3 Å². The number of rotatable bonds is 5. The third kappa shape index (κ3) is 4.04. The van der Waals surface area contributed by atoms with E-state index in [4.69, 9.17) is 21.4 Å². The van der Waals surface area contributed by atoms with Crippen LogP contribution in [0.15, 0.2) is 42.6 Å². The van der Waals surface area contributed by atoms with Crippen molar-refractivity contribution in [1.82, 2.24) is 14.5 Å². The molecule has 0 unspecified atom stereocenters. The Morgan fingerprint density at radius 1 is 1.20 bits per heavy atom. The number of hydrogen-bond donors (Lipinski definition) is 2. The average molecular weight is 361 g/mol. The molecule has 0 saturated carbocycles. The lowest BCUT2D eigenvalue weighted by Gasteiger charge is -2.07. The topological polar surface area (TPSA) is 106 Å². The molecule has 0 bridgehead atoms. The highest BCUT2D eigenvalue weighted by Crippen LogP contribution is 2.23. The number of carboxylic acids is 1.